The van der Waals surface area contributed by atoms with Gasteiger partial charge < -0.3 is 15.0 Å². The molecule has 2 aromatic rings. The van der Waals surface area contributed by atoms with Gasteiger partial charge in [-0.15, -0.1) is 11.8 Å². The molecule has 0 heterocycles. The number of rotatable bonds is 11. The molecule has 5 nitrogen and oxygen atoms in total. The Morgan fingerprint density at radius 3 is 2.27 bits per heavy atom. The second-order valence-electron chi connectivity index (χ2n) is 7.66. The molecule has 0 saturated carbocycles. The molecule has 30 heavy (non-hydrogen) atoms. The standard InChI is InChI=1S/C24H32N2O3S/c1-18(2)14-25-24(28)19(3)26(15-20-10-12-22(29-4)13-11-20)23(27)17-30-16-21-8-6-5-7-9-21/h5-13,18-19H,14-17H2,1-4H3,(H,25,28)/t19-/m0/s1. The van der Waals surface area contributed by atoms with Crippen LogP contribution >= 0.6 is 11.8 Å². The first-order chi connectivity index (χ1) is 14.4. The van der Waals surface area contributed by atoms with Gasteiger partial charge in [0.1, 0.15) is 11.8 Å². The summed E-state index contributed by atoms with van der Waals surface area (Å²) in [6.45, 7) is 6.86. The van der Waals surface area contributed by atoms with Crippen LogP contribution in [0.1, 0.15) is 31.9 Å². The van der Waals surface area contributed by atoms with Crippen LogP contribution in [0.4, 0.5) is 0 Å². The number of hydrogen-bond donors (Lipinski definition) is 1. The molecule has 162 valence electrons. The number of hydrogen-bond acceptors (Lipinski definition) is 4. The summed E-state index contributed by atoms with van der Waals surface area (Å²) in [4.78, 5) is 27.4. The van der Waals surface area contributed by atoms with Gasteiger partial charge in [0.2, 0.25) is 11.8 Å². The Morgan fingerprint density at radius 1 is 1.00 bits per heavy atom. The van der Waals surface area contributed by atoms with Gasteiger partial charge in [-0.25, -0.2) is 0 Å². The molecule has 0 spiro atoms. The first kappa shape index (κ1) is 23.8. The summed E-state index contributed by atoms with van der Waals surface area (Å²) in [5.74, 6) is 2.03. The summed E-state index contributed by atoms with van der Waals surface area (Å²) in [6.07, 6.45) is 0. The predicted molar refractivity (Wildman–Crippen MR) is 123 cm³/mol. The number of nitrogens with zero attached hydrogens (tertiary/aromatic N) is 1. The zero-order valence-electron chi connectivity index (χ0n) is 18.3. The molecule has 0 saturated heterocycles. The second kappa shape index (κ2) is 12.3. The fourth-order valence-electron chi connectivity index (χ4n) is 2.88. The molecule has 6 heteroatoms. The maximum atomic E-state index is 13.0. The maximum Gasteiger partial charge on any atom is 0.242 e. The highest BCUT2D eigenvalue weighted by atomic mass is 32.2. The van der Waals surface area contributed by atoms with Crippen molar-refractivity contribution in [3.05, 3.63) is 65.7 Å². The normalized spacial score (nSPS) is 11.8. The number of thioether (sulfide) groups is 1. The van der Waals surface area contributed by atoms with Gasteiger partial charge in [-0.2, -0.15) is 0 Å². The van der Waals surface area contributed by atoms with Crippen LogP contribution in [-0.4, -0.2) is 42.2 Å². The van der Waals surface area contributed by atoms with Crippen molar-refractivity contribution in [3.63, 3.8) is 0 Å². The van der Waals surface area contributed by atoms with Crippen molar-refractivity contribution in [2.45, 2.75) is 39.1 Å². The SMILES string of the molecule is COc1ccc(CN(C(=O)CSCc2ccccc2)[C@@H](C)C(=O)NCC(C)C)cc1. The Kier molecular flexibility index (Phi) is 9.74. The van der Waals surface area contributed by atoms with E-state index in [2.05, 4.69) is 17.4 Å². The van der Waals surface area contributed by atoms with E-state index in [1.807, 2.05) is 56.3 Å². The number of carbonyl (C=O) groups is 2. The summed E-state index contributed by atoms with van der Waals surface area (Å²) >= 11 is 1.56. The zero-order valence-corrected chi connectivity index (χ0v) is 19.1. The number of carbonyl (C=O) groups excluding carboxylic acids is 2. The second-order valence-corrected chi connectivity index (χ2v) is 8.65. The van der Waals surface area contributed by atoms with Crippen LogP contribution in [-0.2, 0) is 21.9 Å². The summed E-state index contributed by atoms with van der Waals surface area (Å²) in [5, 5.41) is 2.94. The van der Waals surface area contributed by atoms with E-state index in [0.29, 0.717) is 24.8 Å². The first-order valence-corrected chi connectivity index (χ1v) is 11.4. The van der Waals surface area contributed by atoms with Crippen molar-refractivity contribution in [2.24, 2.45) is 5.92 Å². The quantitative estimate of drug-likeness (QED) is 0.585. The molecule has 0 fully saturated rings. The molecule has 2 rings (SSSR count). The molecule has 2 amide bonds. The highest BCUT2D eigenvalue weighted by Crippen LogP contribution is 2.17. The number of amides is 2. The molecule has 0 aliphatic rings. The van der Waals surface area contributed by atoms with Gasteiger partial charge in [-0.3, -0.25) is 9.59 Å². The lowest BCUT2D eigenvalue weighted by Gasteiger charge is -2.29. The van der Waals surface area contributed by atoms with Gasteiger partial charge in [0.15, 0.2) is 0 Å². The molecule has 1 N–H and O–H groups in total. The van der Waals surface area contributed by atoms with Gasteiger partial charge in [0, 0.05) is 18.8 Å². The molecule has 0 radical (unpaired) electrons. The molecule has 0 unspecified atom stereocenters. The average molecular weight is 429 g/mol. The Balaban J connectivity index is 2.05. The van der Waals surface area contributed by atoms with Crippen molar-refractivity contribution in [1.82, 2.24) is 10.2 Å². The minimum Gasteiger partial charge on any atom is -0.497 e. The lowest BCUT2D eigenvalue weighted by Crippen LogP contribution is -2.48. The van der Waals surface area contributed by atoms with E-state index >= 15 is 0 Å². The largest absolute Gasteiger partial charge is 0.497 e. The maximum absolute atomic E-state index is 13.0. The molecular formula is C24H32N2O3S. The van der Waals surface area contributed by atoms with Crippen molar-refractivity contribution in [1.29, 1.82) is 0 Å². The monoisotopic (exact) mass is 428 g/mol. The molecule has 1 atom stereocenters. The van der Waals surface area contributed by atoms with Crippen LogP contribution < -0.4 is 10.1 Å². The van der Waals surface area contributed by atoms with Gasteiger partial charge in [-0.05, 0) is 36.1 Å². The lowest BCUT2D eigenvalue weighted by molar-refractivity contribution is -0.138. The van der Waals surface area contributed by atoms with Crippen molar-refractivity contribution in [3.8, 4) is 5.75 Å². The minimum absolute atomic E-state index is 0.0426. The number of nitrogens with one attached hydrogen (secondary N) is 1. The highest BCUT2D eigenvalue weighted by Gasteiger charge is 2.26. The number of ether oxygens (including phenoxy) is 1. The van der Waals surface area contributed by atoms with Crippen LogP contribution in [0.15, 0.2) is 54.6 Å². The zero-order chi connectivity index (χ0) is 21.9. The van der Waals surface area contributed by atoms with Gasteiger partial charge in [0.25, 0.3) is 0 Å². The summed E-state index contributed by atoms with van der Waals surface area (Å²) in [7, 11) is 1.62. The summed E-state index contributed by atoms with van der Waals surface area (Å²) < 4.78 is 5.21. The van der Waals surface area contributed by atoms with E-state index in [1.165, 1.54) is 5.56 Å². The van der Waals surface area contributed by atoms with E-state index in [4.69, 9.17) is 4.74 Å². The fraction of sp³-hybridized carbons (Fsp3) is 0.417. The number of methoxy groups -OCH3 is 1. The molecule has 2 aromatic carbocycles. The minimum atomic E-state index is -0.546. The molecule has 0 bridgehead atoms. The van der Waals surface area contributed by atoms with Gasteiger partial charge in [0.05, 0.1) is 12.9 Å². The third-order valence-corrected chi connectivity index (χ3v) is 5.69. The van der Waals surface area contributed by atoms with E-state index in [0.717, 1.165) is 17.1 Å². The van der Waals surface area contributed by atoms with Crippen molar-refractivity contribution in [2.75, 3.05) is 19.4 Å². The van der Waals surface area contributed by atoms with Crippen LogP contribution in [0.2, 0.25) is 0 Å². The summed E-state index contributed by atoms with van der Waals surface area (Å²) in [5.41, 5.74) is 2.14. The van der Waals surface area contributed by atoms with Crippen LogP contribution in [0.5, 0.6) is 5.75 Å². The van der Waals surface area contributed by atoms with Crippen LogP contribution in [0.25, 0.3) is 0 Å². The van der Waals surface area contributed by atoms with E-state index in [-0.39, 0.29) is 11.8 Å². The topological polar surface area (TPSA) is 58.6 Å². The third kappa shape index (κ3) is 7.75. The molecule has 0 aliphatic carbocycles. The van der Waals surface area contributed by atoms with E-state index in [1.54, 1.807) is 30.7 Å². The van der Waals surface area contributed by atoms with Crippen molar-refractivity contribution >= 4 is 23.6 Å². The molecule has 0 aromatic heterocycles. The van der Waals surface area contributed by atoms with Gasteiger partial charge in [-0.1, -0.05) is 56.3 Å². The first-order valence-electron chi connectivity index (χ1n) is 10.2. The Labute approximate surface area is 184 Å². The Bertz CT molecular complexity index is 794. The highest BCUT2D eigenvalue weighted by molar-refractivity contribution is 7.99. The lowest BCUT2D eigenvalue weighted by atomic mass is 10.1. The molecule has 0 aliphatic heterocycles. The van der Waals surface area contributed by atoms with Crippen LogP contribution in [0.3, 0.4) is 0 Å². The van der Waals surface area contributed by atoms with Gasteiger partial charge >= 0.3 is 0 Å². The van der Waals surface area contributed by atoms with Crippen LogP contribution in [0, 0.1) is 5.92 Å². The van der Waals surface area contributed by atoms with Crippen molar-refractivity contribution < 1.29 is 14.3 Å². The Hall–Kier alpha value is -2.47. The molecular weight excluding hydrogens is 396 g/mol. The van der Waals surface area contributed by atoms with E-state index < -0.39 is 6.04 Å². The summed E-state index contributed by atoms with van der Waals surface area (Å²) in [6, 6.07) is 17.1. The number of benzene rings is 2. The fourth-order valence-corrected chi connectivity index (χ4v) is 3.75. The third-order valence-electron chi connectivity index (χ3n) is 4.70. The average Bonchev–Trinajstić information content (AvgIpc) is 2.76. The van der Waals surface area contributed by atoms with E-state index in [9.17, 15) is 9.59 Å². The smallest absolute Gasteiger partial charge is 0.242 e. The Morgan fingerprint density at radius 2 is 1.67 bits per heavy atom. The predicted octanol–water partition coefficient (Wildman–Crippen LogP) is 4.12.